The highest BCUT2D eigenvalue weighted by Crippen LogP contribution is 2.55. The van der Waals surface area contributed by atoms with E-state index in [9.17, 15) is 0 Å². The van der Waals surface area contributed by atoms with Crippen molar-refractivity contribution < 1.29 is 5.11 Å². The van der Waals surface area contributed by atoms with Crippen LogP contribution in [0, 0.1) is 11.3 Å². The molecule has 0 aromatic carbocycles. The van der Waals surface area contributed by atoms with E-state index in [1.54, 1.807) is 0 Å². The standard InChI is InChI=1S/C10H18O/c1-8(2)6-9-7-10(9,3)4-5-11/h6,9,11H,4-5,7H2,1-3H3/t9-,10+/m0/s1. The van der Waals surface area contributed by atoms with Crippen molar-refractivity contribution in [3.63, 3.8) is 0 Å². The van der Waals surface area contributed by atoms with Gasteiger partial charge in [-0.3, -0.25) is 0 Å². The minimum atomic E-state index is 0.337. The zero-order valence-electron chi connectivity index (χ0n) is 7.72. The lowest BCUT2D eigenvalue weighted by Crippen LogP contribution is -1.99. The van der Waals surface area contributed by atoms with Crippen molar-refractivity contribution in [3.8, 4) is 0 Å². The van der Waals surface area contributed by atoms with Gasteiger partial charge >= 0.3 is 0 Å². The molecule has 1 saturated carbocycles. The van der Waals surface area contributed by atoms with Crippen LogP contribution in [0.3, 0.4) is 0 Å². The SMILES string of the molecule is CC(C)=C[C@H]1C[C@@]1(C)CCO. The lowest BCUT2D eigenvalue weighted by atomic mass is 10.0. The van der Waals surface area contributed by atoms with Crippen LogP contribution in [0.2, 0.25) is 0 Å². The Morgan fingerprint density at radius 1 is 1.64 bits per heavy atom. The predicted octanol–water partition coefficient (Wildman–Crippen LogP) is 2.36. The molecule has 64 valence electrons. The fourth-order valence-corrected chi connectivity index (χ4v) is 1.65. The van der Waals surface area contributed by atoms with E-state index >= 15 is 0 Å². The molecule has 0 bridgehead atoms. The Morgan fingerprint density at radius 3 is 2.73 bits per heavy atom. The molecule has 11 heavy (non-hydrogen) atoms. The molecule has 2 atom stereocenters. The zero-order chi connectivity index (χ0) is 8.48. The highest BCUT2D eigenvalue weighted by Gasteiger charge is 2.47. The van der Waals surface area contributed by atoms with E-state index in [-0.39, 0.29) is 0 Å². The summed E-state index contributed by atoms with van der Waals surface area (Å²) in [4.78, 5) is 0. The summed E-state index contributed by atoms with van der Waals surface area (Å²) in [5.74, 6) is 0.736. The third-order valence-electron chi connectivity index (χ3n) is 2.64. The Kier molecular flexibility index (Phi) is 2.38. The largest absolute Gasteiger partial charge is 0.396 e. The maximum Gasteiger partial charge on any atom is 0.0436 e. The molecule has 1 heteroatoms. The number of aliphatic hydroxyl groups is 1. The molecule has 0 aliphatic heterocycles. The summed E-state index contributed by atoms with van der Waals surface area (Å²) >= 11 is 0. The fourth-order valence-electron chi connectivity index (χ4n) is 1.65. The summed E-state index contributed by atoms with van der Waals surface area (Å²) in [5.41, 5.74) is 1.82. The second kappa shape index (κ2) is 2.98. The fraction of sp³-hybridized carbons (Fsp3) is 0.800. The van der Waals surface area contributed by atoms with Crippen LogP contribution in [-0.4, -0.2) is 11.7 Å². The second-order valence-electron chi connectivity index (χ2n) is 4.18. The van der Waals surface area contributed by atoms with Crippen LogP contribution in [0.15, 0.2) is 11.6 Å². The number of aliphatic hydroxyl groups excluding tert-OH is 1. The van der Waals surface area contributed by atoms with E-state index in [0.29, 0.717) is 12.0 Å². The van der Waals surface area contributed by atoms with E-state index in [0.717, 1.165) is 12.3 Å². The van der Waals surface area contributed by atoms with Gasteiger partial charge < -0.3 is 5.11 Å². The van der Waals surface area contributed by atoms with Crippen LogP contribution in [0.4, 0.5) is 0 Å². The highest BCUT2D eigenvalue weighted by molar-refractivity contribution is 5.12. The molecular weight excluding hydrogens is 136 g/mol. The first-order valence-corrected chi connectivity index (χ1v) is 4.34. The molecule has 1 N–H and O–H groups in total. The molecule has 1 rings (SSSR count). The van der Waals surface area contributed by atoms with Gasteiger partial charge in [0.1, 0.15) is 0 Å². The van der Waals surface area contributed by atoms with E-state index in [2.05, 4.69) is 26.8 Å². The molecule has 1 fully saturated rings. The Morgan fingerprint density at radius 2 is 2.27 bits per heavy atom. The molecule has 1 aliphatic carbocycles. The van der Waals surface area contributed by atoms with Gasteiger partial charge in [-0.05, 0) is 38.0 Å². The van der Waals surface area contributed by atoms with E-state index in [4.69, 9.17) is 5.11 Å². The topological polar surface area (TPSA) is 20.2 Å². The first-order valence-electron chi connectivity index (χ1n) is 4.34. The number of rotatable bonds is 3. The zero-order valence-corrected chi connectivity index (χ0v) is 7.72. The molecule has 0 aromatic rings. The van der Waals surface area contributed by atoms with Crippen molar-refractivity contribution in [2.75, 3.05) is 6.61 Å². The first kappa shape index (κ1) is 8.79. The first-order chi connectivity index (χ1) is 5.08. The van der Waals surface area contributed by atoms with Crippen molar-refractivity contribution in [2.24, 2.45) is 11.3 Å². The van der Waals surface area contributed by atoms with Crippen molar-refractivity contribution in [1.29, 1.82) is 0 Å². The number of allylic oxidation sites excluding steroid dienone is 2. The smallest absolute Gasteiger partial charge is 0.0436 e. The Balaban J connectivity index is 2.40. The van der Waals surface area contributed by atoms with Crippen molar-refractivity contribution >= 4 is 0 Å². The molecule has 0 saturated heterocycles. The summed E-state index contributed by atoms with van der Waals surface area (Å²) in [5, 5.41) is 8.77. The quantitative estimate of drug-likeness (QED) is 0.619. The maximum absolute atomic E-state index is 8.77. The average Bonchev–Trinajstić information content (AvgIpc) is 2.40. The highest BCUT2D eigenvalue weighted by atomic mass is 16.3. The molecule has 0 amide bonds. The van der Waals surface area contributed by atoms with Gasteiger partial charge in [0.25, 0.3) is 0 Å². The summed E-state index contributed by atoms with van der Waals surface area (Å²) in [6.07, 6.45) is 4.55. The Hall–Kier alpha value is -0.300. The Labute approximate surface area is 69.1 Å². The van der Waals surface area contributed by atoms with E-state index < -0.39 is 0 Å². The number of hydrogen-bond acceptors (Lipinski definition) is 1. The van der Waals surface area contributed by atoms with Gasteiger partial charge in [0.05, 0.1) is 0 Å². The van der Waals surface area contributed by atoms with Crippen molar-refractivity contribution in [2.45, 2.75) is 33.6 Å². The van der Waals surface area contributed by atoms with Gasteiger partial charge in [-0.15, -0.1) is 0 Å². The summed E-state index contributed by atoms with van der Waals surface area (Å²) in [6, 6.07) is 0. The molecule has 0 unspecified atom stereocenters. The van der Waals surface area contributed by atoms with Crippen molar-refractivity contribution in [3.05, 3.63) is 11.6 Å². The minimum Gasteiger partial charge on any atom is -0.396 e. The predicted molar refractivity (Wildman–Crippen MR) is 47.3 cm³/mol. The molecule has 0 heterocycles. The molecule has 1 aliphatic rings. The van der Waals surface area contributed by atoms with E-state index in [1.165, 1.54) is 12.0 Å². The third-order valence-corrected chi connectivity index (χ3v) is 2.64. The third kappa shape index (κ3) is 2.06. The summed E-state index contributed by atoms with van der Waals surface area (Å²) < 4.78 is 0. The van der Waals surface area contributed by atoms with Crippen molar-refractivity contribution in [1.82, 2.24) is 0 Å². The molecule has 0 radical (unpaired) electrons. The number of hydrogen-bond donors (Lipinski definition) is 1. The van der Waals surface area contributed by atoms with Crippen LogP contribution in [0.1, 0.15) is 33.6 Å². The van der Waals surface area contributed by atoms with Gasteiger partial charge in [0.15, 0.2) is 0 Å². The minimum absolute atomic E-state index is 0.337. The lowest BCUT2D eigenvalue weighted by molar-refractivity contribution is 0.252. The van der Waals surface area contributed by atoms with Gasteiger partial charge in [-0.2, -0.15) is 0 Å². The van der Waals surface area contributed by atoms with Crippen LogP contribution < -0.4 is 0 Å². The molecule has 1 nitrogen and oxygen atoms in total. The normalized spacial score (nSPS) is 35.1. The maximum atomic E-state index is 8.77. The van der Waals surface area contributed by atoms with Gasteiger partial charge in [0, 0.05) is 6.61 Å². The van der Waals surface area contributed by atoms with Crippen LogP contribution in [0.5, 0.6) is 0 Å². The van der Waals surface area contributed by atoms with Gasteiger partial charge in [0.2, 0.25) is 0 Å². The van der Waals surface area contributed by atoms with E-state index in [1.807, 2.05) is 0 Å². The molecule has 0 aromatic heterocycles. The Bertz CT molecular complexity index is 168. The average molecular weight is 154 g/mol. The molecule has 0 spiro atoms. The van der Waals surface area contributed by atoms with Crippen LogP contribution in [0.25, 0.3) is 0 Å². The summed E-state index contributed by atoms with van der Waals surface area (Å²) in [7, 11) is 0. The van der Waals surface area contributed by atoms with Crippen LogP contribution in [-0.2, 0) is 0 Å². The van der Waals surface area contributed by atoms with Gasteiger partial charge in [-0.1, -0.05) is 18.6 Å². The second-order valence-corrected chi connectivity index (χ2v) is 4.18. The summed E-state index contributed by atoms with van der Waals surface area (Å²) in [6.45, 7) is 6.87. The molecular formula is C10H18O. The van der Waals surface area contributed by atoms with Crippen LogP contribution >= 0.6 is 0 Å². The lowest BCUT2D eigenvalue weighted by Gasteiger charge is -2.05. The monoisotopic (exact) mass is 154 g/mol. The van der Waals surface area contributed by atoms with Gasteiger partial charge in [-0.25, -0.2) is 0 Å².